The zero-order valence-corrected chi connectivity index (χ0v) is 17.5. The fourth-order valence-electron chi connectivity index (χ4n) is 3.43. The van der Waals surface area contributed by atoms with Gasteiger partial charge in [-0.05, 0) is 31.8 Å². The number of hydrogen-bond donors (Lipinski definition) is 1. The third kappa shape index (κ3) is 5.04. The van der Waals surface area contributed by atoms with Crippen LogP contribution in [0.4, 0.5) is 4.79 Å². The SMILES string of the molecule is C=NN(/C=C(\CC)n1ccc(=O)c(CC2=CC(N3CCCOC3=O)=CCC2)n1)NC. The highest BCUT2D eigenvalue weighted by atomic mass is 16.6. The van der Waals surface area contributed by atoms with Crippen LogP contribution in [0.3, 0.4) is 0 Å². The molecule has 0 unspecified atom stereocenters. The van der Waals surface area contributed by atoms with Crippen LogP contribution < -0.4 is 10.9 Å². The number of nitrogens with zero attached hydrogens (tertiary/aromatic N) is 5. The van der Waals surface area contributed by atoms with Crippen molar-refractivity contribution in [2.75, 3.05) is 20.2 Å². The van der Waals surface area contributed by atoms with Crippen LogP contribution >= 0.6 is 0 Å². The highest BCUT2D eigenvalue weighted by Gasteiger charge is 2.23. The number of cyclic esters (lactones) is 1. The Morgan fingerprint density at radius 1 is 1.47 bits per heavy atom. The number of hydrogen-bond acceptors (Lipinski definition) is 7. The van der Waals surface area contributed by atoms with E-state index in [2.05, 4.69) is 22.3 Å². The summed E-state index contributed by atoms with van der Waals surface area (Å²) in [5.74, 6) is 0. The summed E-state index contributed by atoms with van der Waals surface area (Å²) < 4.78 is 6.83. The minimum atomic E-state index is -0.312. The molecule has 9 nitrogen and oxygen atoms in total. The van der Waals surface area contributed by atoms with E-state index in [1.807, 2.05) is 19.1 Å². The quantitative estimate of drug-likeness (QED) is 0.521. The molecule has 0 spiro atoms. The first-order chi connectivity index (χ1) is 14.5. The molecule has 0 saturated carbocycles. The fourth-order valence-corrected chi connectivity index (χ4v) is 3.43. The Balaban J connectivity index is 1.83. The number of hydrazine groups is 1. The predicted molar refractivity (Wildman–Crippen MR) is 115 cm³/mol. The van der Waals surface area contributed by atoms with E-state index in [1.165, 1.54) is 11.2 Å². The van der Waals surface area contributed by atoms with Gasteiger partial charge < -0.3 is 4.74 Å². The van der Waals surface area contributed by atoms with Gasteiger partial charge in [-0.2, -0.15) is 10.2 Å². The van der Waals surface area contributed by atoms with E-state index in [4.69, 9.17) is 4.74 Å². The zero-order chi connectivity index (χ0) is 21.5. The number of carbonyl (C=O) groups is 1. The molecule has 1 aromatic rings. The van der Waals surface area contributed by atoms with E-state index < -0.39 is 0 Å². The molecule has 0 radical (unpaired) electrons. The summed E-state index contributed by atoms with van der Waals surface area (Å²) in [5.41, 5.74) is 6.01. The summed E-state index contributed by atoms with van der Waals surface area (Å²) in [5, 5.41) is 9.90. The molecular weight excluding hydrogens is 384 g/mol. The van der Waals surface area contributed by atoms with Gasteiger partial charge in [0.2, 0.25) is 5.43 Å². The first-order valence-corrected chi connectivity index (χ1v) is 10.1. The van der Waals surface area contributed by atoms with Crippen LogP contribution in [0.2, 0.25) is 0 Å². The number of rotatable bonds is 8. The molecule has 1 aliphatic carbocycles. The molecule has 1 saturated heterocycles. The van der Waals surface area contributed by atoms with Crippen LogP contribution in [0, 0.1) is 0 Å². The first-order valence-electron chi connectivity index (χ1n) is 10.1. The van der Waals surface area contributed by atoms with E-state index in [0.717, 1.165) is 36.2 Å². The number of amides is 1. The molecule has 1 N–H and O–H groups in total. The summed E-state index contributed by atoms with van der Waals surface area (Å²) in [6.45, 7) is 6.63. The second-order valence-corrected chi connectivity index (χ2v) is 7.02. The van der Waals surface area contributed by atoms with Gasteiger partial charge in [0.25, 0.3) is 0 Å². The van der Waals surface area contributed by atoms with Gasteiger partial charge in [0.15, 0.2) is 0 Å². The molecule has 1 amide bonds. The second-order valence-electron chi connectivity index (χ2n) is 7.02. The summed E-state index contributed by atoms with van der Waals surface area (Å²) in [4.78, 5) is 26.2. The maximum absolute atomic E-state index is 12.5. The number of nitrogens with one attached hydrogen (secondary N) is 1. The average Bonchev–Trinajstić information content (AvgIpc) is 2.77. The number of hydrazone groups is 1. The van der Waals surface area contributed by atoms with Gasteiger partial charge in [-0.3, -0.25) is 9.69 Å². The molecular formula is C21H28N6O3. The minimum absolute atomic E-state index is 0.108. The normalized spacial score (nSPS) is 17.2. The van der Waals surface area contributed by atoms with Crippen LogP contribution in [0.1, 0.15) is 38.3 Å². The number of allylic oxidation sites excluding steroid dienone is 4. The number of ether oxygens (including phenoxy) is 1. The van der Waals surface area contributed by atoms with Crippen LogP contribution in [0.5, 0.6) is 0 Å². The Bertz CT molecular complexity index is 946. The lowest BCUT2D eigenvalue weighted by atomic mass is 9.98. The molecule has 1 aliphatic heterocycles. The summed E-state index contributed by atoms with van der Waals surface area (Å²) in [7, 11) is 1.74. The lowest BCUT2D eigenvalue weighted by Gasteiger charge is -2.29. The van der Waals surface area contributed by atoms with Crippen molar-refractivity contribution in [1.82, 2.24) is 25.2 Å². The Kier molecular flexibility index (Phi) is 7.18. The molecule has 160 valence electrons. The fraction of sp³-hybridized carbons (Fsp3) is 0.429. The topological polar surface area (TPSA) is 92.1 Å². The Labute approximate surface area is 176 Å². The molecule has 0 bridgehead atoms. The second kappa shape index (κ2) is 10.0. The summed E-state index contributed by atoms with van der Waals surface area (Å²) in [6.07, 6.45) is 10.7. The lowest BCUT2D eigenvalue weighted by Crippen LogP contribution is -2.37. The molecule has 30 heavy (non-hydrogen) atoms. The zero-order valence-electron chi connectivity index (χ0n) is 17.5. The largest absolute Gasteiger partial charge is 0.449 e. The Morgan fingerprint density at radius 3 is 3.00 bits per heavy atom. The molecule has 0 aromatic carbocycles. The van der Waals surface area contributed by atoms with Crippen molar-refractivity contribution in [2.24, 2.45) is 5.10 Å². The molecule has 0 atom stereocenters. The third-order valence-corrected chi connectivity index (χ3v) is 5.04. The van der Waals surface area contributed by atoms with Crippen LogP contribution in [-0.4, -0.2) is 52.8 Å². The first kappa shape index (κ1) is 21.5. The predicted octanol–water partition coefficient (Wildman–Crippen LogP) is 2.49. The molecule has 9 heteroatoms. The van der Waals surface area contributed by atoms with Gasteiger partial charge in [-0.1, -0.05) is 18.6 Å². The molecule has 2 heterocycles. The van der Waals surface area contributed by atoms with Gasteiger partial charge in [-0.15, -0.1) is 0 Å². The molecule has 1 fully saturated rings. The van der Waals surface area contributed by atoms with Crippen molar-refractivity contribution in [2.45, 2.75) is 39.0 Å². The van der Waals surface area contributed by atoms with Crippen LogP contribution in [0.15, 0.2) is 51.8 Å². The highest BCUT2D eigenvalue weighted by molar-refractivity contribution is 5.71. The Morgan fingerprint density at radius 2 is 2.30 bits per heavy atom. The van der Waals surface area contributed by atoms with E-state index >= 15 is 0 Å². The van der Waals surface area contributed by atoms with Crippen LogP contribution in [0.25, 0.3) is 5.70 Å². The number of carbonyl (C=O) groups excluding carboxylic acids is 1. The van der Waals surface area contributed by atoms with Crippen molar-refractivity contribution in [3.05, 3.63) is 57.8 Å². The molecule has 2 aliphatic rings. The average molecular weight is 412 g/mol. The van der Waals surface area contributed by atoms with Gasteiger partial charge in [0.1, 0.15) is 5.69 Å². The van der Waals surface area contributed by atoms with Crippen molar-refractivity contribution in [3.8, 4) is 0 Å². The van der Waals surface area contributed by atoms with E-state index in [1.54, 1.807) is 29.0 Å². The smallest absolute Gasteiger partial charge is 0.414 e. The van der Waals surface area contributed by atoms with Crippen molar-refractivity contribution < 1.29 is 9.53 Å². The maximum Gasteiger partial charge on any atom is 0.414 e. The van der Waals surface area contributed by atoms with Crippen molar-refractivity contribution in [1.29, 1.82) is 0 Å². The molecule has 1 aromatic heterocycles. The van der Waals surface area contributed by atoms with E-state index in [-0.39, 0.29) is 11.5 Å². The molecule has 3 rings (SSSR count). The van der Waals surface area contributed by atoms with Crippen molar-refractivity contribution >= 4 is 18.5 Å². The highest BCUT2D eigenvalue weighted by Crippen LogP contribution is 2.24. The van der Waals surface area contributed by atoms with E-state index in [0.29, 0.717) is 31.7 Å². The van der Waals surface area contributed by atoms with Gasteiger partial charge in [0.05, 0.1) is 18.5 Å². The monoisotopic (exact) mass is 412 g/mol. The van der Waals surface area contributed by atoms with E-state index in [9.17, 15) is 9.59 Å². The van der Waals surface area contributed by atoms with Crippen LogP contribution in [-0.2, 0) is 11.2 Å². The van der Waals surface area contributed by atoms with Gasteiger partial charge in [0, 0.05) is 44.7 Å². The minimum Gasteiger partial charge on any atom is -0.449 e. The standard InChI is InChI=1S/C21H28N6O3/c1-4-17(15-27(22-2)23-3)26-11-9-20(28)19(24-26)14-16-7-5-8-18(13-16)25-10-6-12-30-21(25)29/h8-9,11,13,15,23H,2,4-7,10,12,14H2,1,3H3/b17-15+. The lowest BCUT2D eigenvalue weighted by molar-refractivity contribution is 0.0869. The van der Waals surface area contributed by atoms with Gasteiger partial charge in [-0.25, -0.2) is 20.0 Å². The summed E-state index contributed by atoms with van der Waals surface area (Å²) in [6, 6.07) is 1.53. The maximum atomic E-state index is 12.5. The van der Waals surface area contributed by atoms with Crippen molar-refractivity contribution in [3.63, 3.8) is 0 Å². The number of aromatic nitrogens is 2. The third-order valence-electron chi connectivity index (χ3n) is 5.04. The Hall–Kier alpha value is -3.20. The summed E-state index contributed by atoms with van der Waals surface area (Å²) >= 11 is 0. The van der Waals surface area contributed by atoms with Gasteiger partial charge >= 0.3 is 6.09 Å².